The van der Waals surface area contributed by atoms with Crippen LogP contribution in [0.1, 0.15) is 16.7 Å². The Morgan fingerprint density at radius 3 is 2.48 bits per heavy atom. The molecular formula is C20H22N2O4S. The molecule has 0 aliphatic rings. The summed E-state index contributed by atoms with van der Waals surface area (Å²) in [5.41, 5.74) is 3.15. The molecule has 27 heavy (non-hydrogen) atoms. The number of urea groups is 1. The predicted octanol–water partition coefficient (Wildman–Crippen LogP) is 2.96. The van der Waals surface area contributed by atoms with Crippen LogP contribution in [-0.2, 0) is 20.9 Å². The summed E-state index contributed by atoms with van der Waals surface area (Å²) in [6.45, 7) is 3.78. The molecule has 2 aromatic rings. The number of carbonyl (C=O) groups is 3. The maximum Gasteiger partial charge on any atom is 0.321 e. The van der Waals surface area contributed by atoms with Gasteiger partial charge in [-0.2, -0.15) is 0 Å². The third kappa shape index (κ3) is 7.53. The lowest BCUT2D eigenvalue weighted by atomic mass is 10.2. The summed E-state index contributed by atoms with van der Waals surface area (Å²) in [4.78, 5) is 36.1. The van der Waals surface area contributed by atoms with Gasteiger partial charge in [-0.05, 0) is 31.0 Å². The molecule has 2 N–H and O–H groups in total. The summed E-state index contributed by atoms with van der Waals surface area (Å²) >= 11 is 1.35. The van der Waals surface area contributed by atoms with Gasteiger partial charge in [-0.1, -0.05) is 48.0 Å². The summed E-state index contributed by atoms with van der Waals surface area (Å²) < 4.78 is 4.90. The van der Waals surface area contributed by atoms with Crippen molar-refractivity contribution < 1.29 is 19.1 Å². The molecule has 2 rings (SSSR count). The molecule has 6 nitrogen and oxygen atoms in total. The van der Waals surface area contributed by atoms with Crippen LogP contribution < -0.4 is 10.6 Å². The van der Waals surface area contributed by atoms with Crippen LogP contribution in [0.5, 0.6) is 0 Å². The molecular weight excluding hydrogens is 364 g/mol. The maximum absolute atomic E-state index is 11.8. The predicted molar refractivity (Wildman–Crippen MR) is 104 cm³/mol. The first-order valence-corrected chi connectivity index (χ1v) is 9.40. The van der Waals surface area contributed by atoms with Gasteiger partial charge in [0.25, 0.3) is 5.91 Å². The smallest absolute Gasteiger partial charge is 0.321 e. The summed E-state index contributed by atoms with van der Waals surface area (Å²) in [7, 11) is 0. The van der Waals surface area contributed by atoms with E-state index >= 15 is 0 Å². The van der Waals surface area contributed by atoms with E-state index in [4.69, 9.17) is 4.74 Å². The van der Waals surface area contributed by atoms with Crippen molar-refractivity contribution in [2.45, 2.75) is 25.3 Å². The van der Waals surface area contributed by atoms with Gasteiger partial charge in [-0.15, -0.1) is 11.8 Å². The highest BCUT2D eigenvalue weighted by atomic mass is 32.2. The van der Waals surface area contributed by atoms with E-state index in [0.29, 0.717) is 6.54 Å². The van der Waals surface area contributed by atoms with Crippen molar-refractivity contribution in [3.63, 3.8) is 0 Å². The van der Waals surface area contributed by atoms with Crippen LogP contribution in [0.15, 0.2) is 53.4 Å². The fourth-order valence-electron chi connectivity index (χ4n) is 2.27. The van der Waals surface area contributed by atoms with Crippen molar-refractivity contribution in [1.82, 2.24) is 10.6 Å². The highest BCUT2D eigenvalue weighted by Gasteiger charge is 2.11. The van der Waals surface area contributed by atoms with Crippen LogP contribution in [-0.4, -0.2) is 30.3 Å². The molecule has 0 radical (unpaired) electrons. The SMILES string of the molecule is Cc1ccc(SCC(=O)OCC(=O)NC(=O)NCc2ccccc2)c(C)c1. The van der Waals surface area contributed by atoms with Gasteiger partial charge in [0.15, 0.2) is 6.61 Å². The monoisotopic (exact) mass is 386 g/mol. The van der Waals surface area contributed by atoms with Crippen LogP contribution in [0.3, 0.4) is 0 Å². The Morgan fingerprint density at radius 1 is 1.04 bits per heavy atom. The molecule has 0 atom stereocenters. The van der Waals surface area contributed by atoms with E-state index in [1.54, 1.807) is 0 Å². The van der Waals surface area contributed by atoms with E-state index in [1.165, 1.54) is 11.8 Å². The largest absolute Gasteiger partial charge is 0.455 e. The van der Waals surface area contributed by atoms with E-state index in [0.717, 1.165) is 21.6 Å². The topological polar surface area (TPSA) is 84.5 Å². The highest BCUT2D eigenvalue weighted by molar-refractivity contribution is 8.00. The Kier molecular flexibility index (Phi) is 7.88. The second kappa shape index (κ2) is 10.4. The van der Waals surface area contributed by atoms with E-state index in [-0.39, 0.29) is 5.75 Å². The Bertz CT molecular complexity index is 809. The summed E-state index contributed by atoms with van der Waals surface area (Å²) in [6.07, 6.45) is 0. The molecule has 0 bridgehead atoms. The number of ether oxygens (including phenoxy) is 1. The minimum absolute atomic E-state index is 0.0946. The molecule has 0 saturated carbocycles. The molecule has 0 saturated heterocycles. The first-order valence-electron chi connectivity index (χ1n) is 8.41. The van der Waals surface area contributed by atoms with Crippen LogP contribution in [0.4, 0.5) is 4.79 Å². The molecule has 0 heterocycles. The van der Waals surface area contributed by atoms with Gasteiger partial charge in [0.2, 0.25) is 0 Å². The number of carbonyl (C=O) groups excluding carboxylic acids is 3. The molecule has 2 aromatic carbocycles. The normalized spacial score (nSPS) is 10.1. The quantitative estimate of drug-likeness (QED) is 0.565. The molecule has 0 aromatic heterocycles. The first kappa shape index (κ1) is 20.5. The van der Waals surface area contributed by atoms with Gasteiger partial charge >= 0.3 is 12.0 Å². The number of esters is 1. The van der Waals surface area contributed by atoms with E-state index in [2.05, 4.69) is 10.6 Å². The van der Waals surface area contributed by atoms with Gasteiger partial charge in [0, 0.05) is 11.4 Å². The lowest BCUT2D eigenvalue weighted by molar-refractivity contribution is -0.145. The minimum Gasteiger partial charge on any atom is -0.455 e. The Hall–Kier alpha value is -2.80. The molecule has 0 aliphatic carbocycles. The van der Waals surface area contributed by atoms with Crippen LogP contribution in [0.2, 0.25) is 0 Å². The molecule has 0 fully saturated rings. The van der Waals surface area contributed by atoms with E-state index in [1.807, 2.05) is 62.4 Å². The van der Waals surface area contributed by atoms with Gasteiger partial charge in [0.1, 0.15) is 0 Å². The Balaban J connectivity index is 1.65. The zero-order valence-electron chi connectivity index (χ0n) is 15.3. The van der Waals surface area contributed by atoms with Gasteiger partial charge < -0.3 is 10.1 Å². The number of hydrogen-bond donors (Lipinski definition) is 2. The molecule has 0 unspecified atom stereocenters. The van der Waals surface area contributed by atoms with Crippen molar-refractivity contribution in [3.8, 4) is 0 Å². The lowest BCUT2D eigenvalue weighted by Crippen LogP contribution is -2.41. The molecule has 0 aliphatic heterocycles. The second-order valence-electron chi connectivity index (χ2n) is 5.93. The van der Waals surface area contributed by atoms with Crippen molar-refractivity contribution >= 4 is 29.7 Å². The van der Waals surface area contributed by atoms with E-state index in [9.17, 15) is 14.4 Å². The Labute approximate surface area is 162 Å². The maximum atomic E-state index is 11.8. The Morgan fingerprint density at radius 2 is 1.78 bits per heavy atom. The number of amides is 3. The van der Waals surface area contributed by atoms with Crippen LogP contribution in [0, 0.1) is 13.8 Å². The number of imide groups is 1. The standard InChI is InChI=1S/C20H22N2O4S/c1-14-8-9-17(15(2)10-14)27-13-19(24)26-12-18(23)22-20(25)21-11-16-6-4-3-5-7-16/h3-10H,11-13H2,1-2H3,(H2,21,22,23,25). The fraction of sp³-hybridized carbons (Fsp3) is 0.250. The zero-order chi connectivity index (χ0) is 19.6. The third-order valence-electron chi connectivity index (χ3n) is 3.59. The van der Waals surface area contributed by atoms with E-state index < -0.39 is 24.5 Å². The number of hydrogen-bond acceptors (Lipinski definition) is 5. The molecule has 0 spiro atoms. The summed E-state index contributed by atoms with van der Waals surface area (Å²) in [6, 6.07) is 14.6. The zero-order valence-corrected chi connectivity index (χ0v) is 16.1. The fourth-order valence-corrected chi connectivity index (χ4v) is 3.08. The molecule has 7 heteroatoms. The number of benzene rings is 2. The number of thioether (sulfide) groups is 1. The number of nitrogens with one attached hydrogen (secondary N) is 2. The average molecular weight is 386 g/mol. The van der Waals surface area contributed by atoms with Crippen molar-refractivity contribution in [2.75, 3.05) is 12.4 Å². The second-order valence-corrected chi connectivity index (χ2v) is 6.95. The lowest BCUT2D eigenvalue weighted by Gasteiger charge is -2.08. The number of rotatable bonds is 7. The number of aryl methyl sites for hydroxylation is 2. The summed E-state index contributed by atoms with van der Waals surface area (Å²) in [5.74, 6) is -1.09. The first-order chi connectivity index (χ1) is 12.9. The molecule has 142 valence electrons. The van der Waals surface area contributed by atoms with Gasteiger partial charge in [-0.25, -0.2) is 4.79 Å². The van der Waals surface area contributed by atoms with Crippen LogP contribution >= 0.6 is 11.8 Å². The third-order valence-corrected chi connectivity index (χ3v) is 4.74. The van der Waals surface area contributed by atoms with Crippen molar-refractivity contribution in [3.05, 3.63) is 65.2 Å². The van der Waals surface area contributed by atoms with Gasteiger partial charge in [0.05, 0.1) is 5.75 Å². The van der Waals surface area contributed by atoms with Gasteiger partial charge in [-0.3, -0.25) is 14.9 Å². The van der Waals surface area contributed by atoms with Crippen LogP contribution in [0.25, 0.3) is 0 Å². The van der Waals surface area contributed by atoms with Crippen molar-refractivity contribution in [2.24, 2.45) is 0 Å². The highest BCUT2D eigenvalue weighted by Crippen LogP contribution is 2.23. The minimum atomic E-state index is -0.676. The average Bonchev–Trinajstić information content (AvgIpc) is 2.65. The van der Waals surface area contributed by atoms with Crippen molar-refractivity contribution in [1.29, 1.82) is 0 Å². The summed E-state index contributed by atoms with van der Waals surface area (Å²) in [5, 5.41) is 4.68. The molecule has 3 amide bonds.